The first kappa shape index (κ1) is 46.1. The topological polar surface area (TPSA) is 98.7 Å². The van der Waals surface area contributed by atoms with Crippen LogP contribution in [0, 0.1) is 0 Å². The number of unbranched alkanes of at least 4 members (excludes halogenated alkanes) is 28. The molecule has 1 aromatic rings. The van der Waals surface area contributed by atoms with Gasteiger partial charge in [-0.05, 0) is 36.8 Å². The number of hydrogen-bond donors (Lipinski definition) is 4. The Balaban J connectivity index is 1.96. The molecule has 0 unspecified atom stereocenters. The molecule has 0 fully saturated rings. The maximum Gasteiger partial charge on any atom is 0.220 e. The molecule has 0 radical (unpaired) electrons. The molecule has 2 amide bonds. The molecule has 0 atom stereocenters. The fourth-order valence-electron chi connectivity index (χ4n) is 6.86. The summed E-state index contributed by atoms with van der Waals surface area (Å²) in [5.74, 6) is 0.240. The predicted octanol–water partition coefficient (Wildman–Crippen LogP) is 11.4. The molecule has 0 bridgehead atoms. The van der Waals surface area contributed by atoms with Crippen LogP contribution in [0.3, 0.4) is 0 Å². The number of aliphatic hydroxyl groups is 2. The van der Waals surface area contributed by atoms with Crippen LogP contribution < -0.4 is 10.6 Å². The Kier molecular flexibility index (Phi) is 34.0. The van der Waals surface area contributed by atoms with Crippen LogP contribution in [0.1, 0.15) is 217 Å². The highest BCUT2D eigenvalue weighted by Crippen LogP contribution is 2.16. The van der Waals surface area contributed by atoms with Crippen molar-refractivity contribution in [3.8, 4) is 0 Å². The van der Waals surface area contributed by atoms with E-state index in [0.717, 1.165) is 49.7 Å². The molecule has 6 heteroatoms. The van der Waals surface area contributed by atoms with E-state index in [-0.39, 0.29) is 11.8 Å². The van der Waals surface area contributed by atoms with Gasteiger partial charge in [0.05, 0.1) is 0 Å². The summed E-state index contributed by atoms with van der Waals surface area (Å²) in [4.78, 5) is 24.9. The van der Waals surface area contributed by atoms with Gasteiger partial charge in [0.2, 0.25) is 11.8 Å². The van der Waals surface area contributed by atoms with Crippen LogP contribution in [0.2, 0.25) is 0 Å². The van der Waals surface area contributed by atoms with Gasteiger partial charge in [0.15, 0.2) is 0 Å². The van der Waals surface area contributed by atoms with Gasteiger partial charge < -0.3 is 20.8 Å². The lowest BCUT2D eigenvalue weighted by atomic mass is 10.0. The monoisotopic (exact) mass is 701 g/mol. The molecular formula is C44H80N2O4. The van der Waals surface area contributed by atoms with E-state index in [1.54, 1.807) is 0 Å². The minimum atomic E-state index is 0.120. The Morgan fingerprint density at radius 2 is 0.580 bits per heavy atom. The molecule has 1 aromatic carbocycles. The van der Waals surface area contributed by atoms with Gasteiger partial charge >= 0.3 is 0 Å². The van der Waals surface area contributed by atoms with E-state index in [4.69, 9.17) is 10.2 Å². The minimum Gasteiger partial charge on any atom is -0.396 e. The predicted molar refractivity (Wildman–Crippen MR) is 212 cm³/mol. The van der Waals surface area contributed by atoms with Gasteiger partial charge in [-0.2, -0.15) is 0 Å². The van der Waals surface area contributed by atoms with Crippen LogP contribution in [0.25, 0.3) is 0 Å². The maximum atomic E-state index is 12.5. The van der Waals surface area contributed by atoms with Crippen molar-refractivity contribution in [3.05, 3.63) is 35.4 Å². The van der Waals surface area contributed by atoms with Crippen LogP contribution >= 0.6 is 0 Å². The smallest absolute Gasteiger partial charge is 0.220 e. The number of amides is 2. The summed E-state index contributed by atoms with van der Waals surface area (Å²) in [6, 6.07) is 8.09. The highest BCUT2D eigenvalue weighted by molar-refractivity contribution is 5.76. The SMILES string of the molecule is O=C(CCCCCCCCCCCCCCCCCO)NCc1ccccc1CNC(=O)CCCCCCCCCCCCCCCCCO. The van der Waals surface area contributed by atoms with E-state index in [2.05, 4.69) is 10.6 Å². The average molecular weight is 701 g/mol. The van der Waals surface area contributed by atoms with Gasteiger partial charge in [0.1, 0.15) is 0 Å². The molecule has 4 N–H and O–H groups in total. The normalized spacial score (nSPS) is 11.2. The quantitative estimate of drug-likeness (QED) is 0.0516. The van der Waals surface area contributed by atoms with Crippen molar-refractivity contribution in [3.63, 3.8) is 0 Å². The van der Waals surface area contributed by atoms with Crippen LogP contribution in [0.5, 0.6) is 0 Å². The standard InChI is InChI=1S/C44H80N2O4/c47-37-31-25-21-17-13-9-5-1-3-7-11-15-19-23-27-35-43(49)45-39-41-33-29-30-34-42(41)40-46-44(50)36-28-24-20-16-12-8-4-2-6-10-14-18-22-26-32-38-48/h29-30,33-34,47-48H,1-28,31-32,35-40H2,(H,45,49)(H,46,50). The van der Waals surface area contributed by atoms with Crippen molar-refractivity contribution < 1.29 is 19.8 Å². The van der Waals surface area contributed by atoms with Gasteiger partial charge in [-0.3, -0.25) is 9.59 Å². The number of carbonyl (C=O) groups is 2. The van der Waals surface area contributed by atoms with Gasteiger partial charge in [-0.15, -0.1) is 0 Å². The molecule has 50 heavy (non-hydrogen) atoms. The number of aliphatic hydroxyl groups excluding tert-OH is 2. The molecule has 0 heterocycles. The molecule has 0 aromatic heterocycles. The first-order valence-electron chi connectivity index (χ1n) is 21.5. The summed E-state index contributed by atoms with van der Waals surface area (Å²) in [7, 11) is 0. The zero-order valence-electron chi connectivity index (χ0n) is 32.5. The third-order valence-electron chi connectivity index (χ3n) is 10.2. The zero-order valence-corrected chi connectivity index (χ0v) is 32.5. The van der Waals surface area contributed by atoms with Crippen molar-refractivity contribution in [2.75, 3.05) is 13.2 Å². The van der Waals surface area contributed by atoms with Crippen molar-refractivity contribution in [2.24, 2.45) is 0 Å². The Hall–Kier alpha value is -1.92. The van der Waals surface area contributed by atoms with Crippen LogP contribution in [-0.4, -0.2) is 35.2 Å². The van der Waals surface area contributed by atoms with Crippen molar-refractivity contribution >= 4 is 11.8 Å². The van der Waals surface area contributed by atoms with Gasteiger partial charge in [0.25, 0.3) is 0 Å². The lowest BCUT2D eigenvalue weighted by Gasteiger charge is -2.12. The fourth-order valence-corrected chi connectivity index (χ4v) is 6.86. The lowest BCUT2D eigenvalue weighted by molar-refractivity contribution is -0.122. The number of benzene rings is 1. The van der Waals surface area contributed by atoms with Crippen molar-refractivity contribution in [2.45, 2.75) is 219 Å². The Morgan fingerprint density at radius 3 is 0.820 bits per heavy atom. The van der Waals surface area contributed by atoms with E-state index < -0.39 is 0 Å². The van der Waals surface area contributed by atoms with E-state index >= 15 is 0 Å². The number of rotatable bonds is 38. The first-order valence-corrected chi connectivity index (χ1v) is 21.5. The number of hydrogen-bond acceptors (Lipinski definition) is 4. The minimum absolute atomic E-state index is 0.120. The maximum absolute atomic E-state index is 12.5. The second-order valence-electron chi connectivity index (χ2n) is 14.9. The molecule has 0 spiro atoms. The summed E-state index contributed by atoms with van der Waals surface area (Å²) in [6.45, 7) is 1.71. The highest BCUT2D eigenvalue weighted by Gasteiger charge is 2.07. The molecule has 0 saturated heterocycles. The third-order valence-corrected chi connectivity index (χ3v) is 10.2. The van der Waals surface area contributed by atoms with Crippen LogP contribution in [-0.2, 0) is 22.7 Å². The highest BCUT2D eigenvalue weighted by atomic mass is 16.3. The van der Waals surface area contributed by atoms with E-state index in [1.165, 1.54) is 154 Å². The fraction of sp³-hybridized carbons (Fsp3) is 0.818. The van der Waals surface area contributed by atoms with E-state index in [1.807, 2.05) is 24.3 Å². The summed E-state index contributed by atoms with van der Waals surface area (Å²) >= 11 is 0. The Morgan fingerprint density at radius 1 is 0.360 bits per heavy atom. The third kappa shape index (κ3) is 30.9. The van der Waals surface area contributed by atoms with E-state index in [9.17, 15) is 9.59 Å². The average Bonchev–Trinajstić information content (AvgIpc) is 3.13. The molecule has 1 rings (SSSR count). The molecule has 0 saturated carbocycles. The summed E-state index contributed by atoms with van der Waals surface area (Å²) in [5, 5.41) is 23.8. The molecule has 0 aliphatic carbocycles. The zero-order chi connectivity index (χ0) is 36.0. The summed E-state index contributed by atoms with van der Waals surface area (Å²) in [5.41, 5.74) is 2.15. The first-order chi connectivity index (χ1) is 24.7. The molecular weight excluding hydrogens is 620 g/mol. The Labute approximate surface area is 308 Å². The van der Waals surface area contributed by atoms with Crippen molar-refractivity contribution in [1.29, 1.82) is 0 Å². The van der Waals surface area contributed by atoms with Crippen LogP contribution in [0.4, 0.5) is 0 Å². The lowest BCUT2D eigenvalue weighted by Crippen LogP contribution is -2.25. The molecule has 6 nitrogen and oxygen atoms in total. The van der Waals surface area contributed by atoms with Gasteiger partial charge in [0, 0.05) is 39.1 Å². The van der Waals surface area contributed by atoms with Gasteiger partial charge in [-0.25, -0.2) is 0 Å². The van der Waals surface area contributed by atoms with Crippen molar-refractivity contribution in [1.82, 2.24) is 10.6 Å². The Bertz CT molecular complexity index is 822. The van der Waals surface area contributed by atoms with Gasteiger partial charge in [-0.1, -0.05) is 191 Å². The molecule has 290 valence electrons. The largest absolute Gasteiger partial charge is 0.396 e. The molecule has 0 aliphatic rings. The molecule has 0 aliphatic heterocycles. The second kappa shape index (κ2) is 36.9. The van der Waals surface area contributed by atoms with E-state index in [0.29, 0.717) is 39.1 Å². The number of nitrogens with one attached hydrogen (secondary N) is 2. The van der Waals surface area contributed by atoms with Crippen LogP contribution in [0.15, 0.2) is 24.3 Å². The summed E-state index contributed by atoms with van der Waals surface area (Å²) < 4.78 is 0. The summed E-state index contributed by atoms with van der Waals surface area (Å²) in [6.07, 6.45) is 38.7. The second-order valence-corrected chi connectivity index (χ2v) is 14.9. The number of carbonyl (C=O) groups excluding carboxylic acids is 2.